The van der Waals surface area contributed by atoms with Crippen LogP contribution in [0.25, 0.3) is 0 Å². The van der Waals surface area contributed by atoms with E-state index in [1.807, 2.05) is 20.8 Å². The summed E-state index contributed by atoms with van der Waals surface area (Å²) in [6.07, 6.45) is 4.58. The summed E-state index contributed by atoms with van der Waals surface area (Å²) < 4.78 is 11.2. The van der Waals surface area contributed by atoms with Crippen molar-refractivity contribution in [2.75, 3.05) is 19.8 Å². The first-order valence-corrected chi connectivity index (χ1v) is 8.45. The zero-order chi connectivity index (χ0) is 15.9. The number of likely N-dealkylation sites (N-methyl/N-ethyl adjacent to an activating group) is 1. The van der Waals surface area contributed by atoms with Crippen molar-refractivity contribution in [2.45, 2.75) is 71.9 Å². The molecule has 0 aromatic heterocycles. The van der Waals surface area contributed by atoms with E-state index in [1.165, 1.54) is 6.42 Å². The Hall–Kier alpha value is -0.610. The lowest BCUT2D eigenvalue weighted by atomic mass is 9.82. The molecule has 0 saturated heterocycles. The first-order valence-electron chi connectivity index (χ1n) is 8.45. The molecule has 0 aliphatic heterocycles. The fourth-order valence-electron chi connectivity index (χ4n) is 3.38. The summed E-state index contributed by atoms with van der Waals surface area (Å²) in [7, 11) is 0. The second-order valence-corrected chi connectivity index (χ2v) is 6.74. The van der Waals surface area contributed by atoms with Crippen LogP contribution in [0.15, 0.2) is 0 Å². The van der Waals surface area contributed by atoms with E-state index >= 15 is 0 Å². The predicted octanol–water partition coefficient (Wildman–Crippen LogP) is 3.15. The highest BCUT2D eigenvalue weighted by Gasteiger charge is 2.34. The van der Waals surface area contributed by atoms with Crippen LogP contribution in [0, 0.1) is 11.8 Å². The van der Waals surface area contributed by atoms with Crippen molar-refractivity contribution >= 4 is 5.97 Å². The molecule has 0 heterocycles. The lowest BCUT2D eigenvalue weighted by Gasteiger charge is -2.33. The van der Waals surface area contributed by atoms with E-state index in [4.69, 9.17) is 9.47 Å². The zero-order valence-electron chi connectivity index (χ0n) is 14.4. The third-order valence-electron chi connectivity index (χ3n) is 4.38. The van der Waals surface area contributed by atoms with Gasteiger partial charge in [0.1, 0.15) is 5.54 Å². The number of carbonyl (C=O) groups is 1. The Morgan fingerprint density at radius 3 is 2.33 bits per heavy atom. The van der Waals surface area contributed by atoms with E-state index in [0.717, 1.165) is 31.2 Å². The number of carbonyl (C=O) groups excluding carboxylic acids is 1. The minimum absolute atomic E-state index is 0.180. The summed E-state index contributed by atoms with van der Waals surface area (Å²) in [5.41, 5.74) is -0.642. The molecule has 1 aliphatic rings. The Labute approximate surface area is 130 Å². The molecule has 0 aromatic carbocycles. The average Bonchev–Trinajstić information content (AvgIpc) is 2.38. The van der Waals surface area contributed by atoms with Crippen LogP contribution in [-0.2, 0) is 14.3 Å². The molecule has 1 rings (SSSR count). The quantitative estimate of drug-likeness (QED) is 0.699. The van der Waals surface area contributed by atoms with Gasteiger partial charge in [-0.2, -0.15) is 0 Å². The van der Waals surface area contributed by atoms with Crippen LogP contribution in [0.4, 0.5) is 0 Å². The van der Waals surface area contributed by atoms with Gasteiger partial charge in [-0.1, -0.05) is 20.8 Å². The monoisotopic (exact) mass is 299 g/mol. The summed E-state index contributed by atoms with van der Waals surface area (Å²) >= 11 is 0. The molecule has 0 aromatic rings. The van der Waals surface area contributed by atoms with Crippen molar-refractivity contribution in [1.29, 1.82) is 0 Å². The minimum Gasteiger partial charge on any atom is -0.465 e. The number of ether oxygens (including phenoxy) is 2. The minimum atomic E-state index is -0.642. The standard InChI is InChI=1S/C17H33NO3/c1-6-18-17(5,16(19)20-7-2)8-9-21-15-11-13(3)10-14(4)12-15/h13-15,18H,6-12H2,1-5H3. The van der Waals surface area contributed by atoms with E-state index in [2.05, 4.69) is 19.2 Å². The van der Waals surface area contributed by atoms with E-state index in [1.54, 1.807) is 0 Å². The van der Waals surface area contributed by atoms with E-state index in [-0.39, 0.29) is 5.97 Å². The van der Waals surface area contributed by atoms with Crippen LogP contribution in [0.3, 0.4) is 0 Å². The first kappa shape index (κ1) is 18.4. The second-order valence-electron chi connectivity index (χ2n) is 6.74. The third kappa shape index (κ3) is 5.95. The second kappa shape index (κ2) is 8.74. The molecule has 1 aliphatic carbocycles. The summed E-state index contributed by atoms with van der Waals surface area (Å²) in [6, 6.07) is 0. The Kier molecular flexibility index (Phi) is 7.67. The van der Waals surface area contributed by atoms with Crippen LogP contribution >= 0.6 is 0 Å². The molecule has 0 spiro atoms. The number of esters is 1. The number of hydrogen-bond donors (Lipinski definition) is 1. The van der Waals surface area contributed by atoms with Gasteiger partial charge >= 0.3 is 5.97 Å². The van der Waals surface area contributed by atoms with Crippen LogP contribution in [-0.4, -0.2) is 37.4 Å². The summed E-state index contributed by atoms with van der Waals surface area (Å²) in [4.78, 5) is 12.1. The maximum atomic E-state index is 12.1. The van der Waals surface area contributed by atoms with Crippen molar-refractivity contribution in [3.8, 4) is 0 Å². The van der Waals surface area contributed by atoms with E-state index in [0.29, 0.717) is 25.7 Å². The van der Waals surface area contributed by atoms with Gasteiger partial charge in [0, 0.05) is 6.61 Å². The molecule has 4 heteroatoms. The highest BCUT2D eigenvalue weighted by Crippen LogP contribution is 2.30. The lowest BCUT2D eigenvalue weighted by molar-refractivity contribution is -0.151. The third-order valence-corrected chi connectivity index (χ3v) is 4.38. The molecular formula is C17H33NO3. The van der Waals surface area contributed by atoms with Gasteiger partial charge in [-0.25, -0.2) is 0 Å². The fourth-order valence-corrected chi connectivity index (χ4v) is 3.38. The molecule has 0 amide bonds. The number of rotatable bonds is 8. The highest BCUT2D eigenvalue weighted by molar-refractivity contribution is 5.80. The van der Waals surface area contributed by atoms with Crippen molar-refractivity contribution in [3.05, 3.63) is 0 Å². The van der Waals surface area contributed by atoms with Gasteiger partial charge in [0.2, 0.25) is 0 Å². The molecule has 3 atom stereocenters. The molecular weight excluding hydrogens is 266 g/mol. The van der Waals surface area contributed by atoms with Gasteiger partial charge in [0.15, 0.2) is 0 Å². The molecule has 1 saturated carbocycles. The molecule has 1 fully saturated rings. The molecule has 3 unspecified atom stereocenters. The molecule has 4 nitrogen and oxygen atoms in total. The molecule has 0 radical (unpaired) electrons. The van der Waals surface area contributed by atoms with E-state index in [9.17, 15) is 4.79 Å². The van der Waals surface area contributed by atoms with Crippen molar-refractivity contribution in [3.63, 3.8) is 0 Å². The largest absolute Gasteiger partial charge is 0.465 e. The average molecular weight is 299 g/mol. The lowest BCUT2D eigenvalue weighted by Crippen LogP contribution is -2.51. The molecule has 1 N–H and O–H groups in total. The Balaban J connectivity index is 2.44. The van der Waals surface area contributed by atoms with Crippen molar-refractivity contribution in [2.24, 2.45) is 11.8 Å². The van der Waals surface area contributed by atoms with Crippen LogP contribution in [0.5, 0.6) is 0 Å². The van der Waals surface area contributed by atoms with Gasteiger partial charge in [0.05, 0.1) is 12.7 Å². The number of hydrogen-bond acceptors (Lipinski definition) is 4. The number of nitrogens with one attached hydrogen (secondary N) is 1. The van der Waals surface area contributed by atoms with Crippen LogP contribution in [0.1, 0.15) is 60.3 Å². The van der Waals surface area contributed by atoms with Crippen molar-refractivity contribution < 1.29 is 14.3 Å². The van der Waals surface area contributed by atoms with Gasteiger partial charge in [0.25, 0.3) is 0 Å². The van der Waals surface area contributed by atoms with Gasteiger partial charge in [-0.3, -0.25) is 4.79 Å². The normalized spacial score (nSPS) is 28.9. The smallest absolute Gasteiger partial charge is 0.326 e. The van der Waals surface area contributed by atoms with Crippen LogP contribution < -0.4 is 5.32 Å². The molecule has 0 bridgehead atoms. The zero-order valence-corrected chi connectivity index (χ0v) is 14.4. The summed E-state index contributed by atoms with van der Waals surface area (Å²) in [5, 5.41) is 3.24. The molecule has 124 valence electrons. The van der Waals surface area contributed by atoms with Crippen LogP contribution in [0.2, 0.25) is 0 Å². The first-order chi connectivity index (χ1) is 9.91. The summed E-state index contributed by atoms with van der Waals surface area (Å²) in [5.74, 6) is 1.30. The highest BCUT2D eigenvalue weighted by atomic mass is 16.5. The topological polar surface area (TPSA) is 47.6 Å². The maximum Gasteiger partial charge on any atom is 0.326 e. The Morgan fingerprint density at radius 1 is 1.19 bits per heavy atom. The maximum absolute atomic E-state index is 12.1. The van der Waals surface area contributed by atoms with Gasteiger partial charge in [-0.05, 0) is 57.9 Å². The predicted molar refractivity (Wildman–Crippen MR) is 85.3 cm³/mol. The fraction of sp³-hybridized carbons (Fsp3) is 0.941. The molecule has 21 heavy (non-hydrogen) atoms. The van der Waals surface area contributed by atoms with E-state index < -0.39 is 5.54 Å². The SMILES string of the molecule is CCNC(C)(CCOC1CC(C)CC(C)C1)C(=O)OCC. The Bertz CT molecular complexity index is 311. The van der Waals surface area contributed by atoms with Gasteiger partial charge < -0.3 is 14.8 Å². The summed E-state index contributed by atoms with van der Waals surface area (Å²) in [6.45, 7) is 12.1. The Morgan fingerprint density at radius 2 is 1.81 bits per heavy atom. The van der Waals surface area contributed by atoms with Gasteiger partial charge in [-0.15, -0.1) is 0 Å². The van der Waals surface area contributed by atoms with Crippen molar-refractivity contribution in [1.82, 2.24) is 5.32 Å².